The Morgan fingerprint density at radius 2 is 2.28 bits per heavy atom. The molecule has 4 heteroatoms. The minimum Gasteiger partial charge on any atom is -0.399 e. The average molecular weight is 260 g/mol. The van der Waals surface area contributed by atoms with Crippen LogP contribution in [0.1, 0.15) is 22.7 Å². The van der Waals surface area contributed by atoms with Crippen LogP contribution in [0, 0.1) is 6.92 Å². The number of nitrogen functional groups attached to an aromatic ring is 1. The molecule has 1 heterocycles. The number of anilines is 1. The number of ketones is 1. The van der Waals surface area contributed by atoms with Crippen LogP contribution in [0.4, 0.5) is 5.69 Å². The summed E-state index contributed by atoms with van der Waals surface area (Å²) in [6, 6.07) is 7.68. The molecular formula is C14H16N2OS. The third kappa shape index (κ3) is 3.67. The van der Waals surface area contributed by atoms with E-state index < -0.39 is 0 Å². The Morgan fingerprint density at radius 1 is 1.44 bits per heavy atom. The molecule has 1 aromatic carbocycles. The van der Waals surface area contributed by atoms with Crippen LogP contribution in [0.2, 0.25) is 0 Å². The Labute approximate surface area is 111 Å². The van der Waals surface area contributed by atoms with Crippen LogP contribution in [0.5, 0.6) is 0 Å². The Bertz CT molecular complexity index is 548. The number of benzene rings is 1. The lowest BCUT2D eigenvalue weighted by atomic mass is 10.0. The van der Waals surface area contributed by atoms with E-state index in [0.717, 1.165) is 28.4 Å². The SMILES string of the molecule is Cc1nc(CC(=O)CCc2cccc(N)c2)cs1. The van der Waals surface area contributed by atoms with Gasteiger partial charge in [-0.1, -0.05) is 12.1 Å². The van der Waals surface area contributed by atoms with Crippen molar-refractivity contribution in [2.45, 2.75) is 26.2 Å². The number of nitrogens with zero attached hydrogens (tertiary/aromatic N) is 1. The number of hydrogen-bond donors (Lipinski definition) is 1. The molecule has 2 rings (SSSR count). The molecule has 0 radical (unpaired) electrons. The highest BCUT2D eigenvalue weighted by atomic mass is 32.1. The van der Waals surface area contributed by atoms with Crippen molar-refractivity contribution in [2.75, 3.05) is 5.73 Å². The first-order valence-corrected chi connectivity index (χ1v) is 6.78. The molecule has 0 unspecified atom stereocenters. The van der Waals surface area contributed by atoms with Gasteiger partial charge in [0.25, 0.3) is 0 Å². The average Bonchev–Trinajstić information content (AvgIpc) is 2.72. The standard InChI is InChI=1S/C14H16N2OS/c1-10-16-13(9-18-10)8-14(17)6-5-11-3-2-4-12(15)7-11/h2-4,7,9H,5-6,8,15H2,1H3. The second-order valence-electron chi connectivity index (χ2n) is 4.32. The number of nitrogens with two attached hydrogens (primary N) is 1. The second-order valence-corrected chi connectivity index (χ2v) is 5.38. The van der Waals surface area contributed by atoms with Crippen molar-refractivity contribution in [1.82, 2.24) is 4.98 Å². The van der Waals surface area contributed by atoms with Crippen LogP contribution in [-0.2, 0) is 17.6 Å². The molecule has 3 nitrogen and oxygen atoms in total. The van der Waals surface area contributed by atoms with Crippen molar-refractivity contribution in [3.8, 4) is 0 Å². The molecule has 18 heavy (non-hydrogen) atoms. The molecule has 0 aliphatic rings. The van der Waals surface area contributed by atoms with Crippen molar-refractivity contribution in [3.63, 3.8) is 0 Å². The molecule has 0 saturated heterocycles. The van der Waals surface area contributed by atoms with Gasteiger partial charge in [0.05, 0.1) is 10.7 Å². The summed E-state index contributed by atoms with van der Waals surface area (Å²) in [4.78, 5) is 16.1. The van der Waals surface area contributed by atoms with Gasteiger partial charge in [-0.25, -0.2) is 4.98 Å². The number of thiazole rings is 1. The lowest BCUT2D eigenvalue weighted by Crippen LogP contribution is -2.04. The molecule has 1 aromatic heterocycles. The highest BCUT2D eigenvalue weighted by Crippen LogP contribution is 2.12. The quantitative estimate of drug-likeness (QED) is 0.841. The van der Waals surface area contributed by atoms with Gasteiger partial charge in [0.2, 0.25) is 0 Å². The summed E-state index contributed by atoms with van der Waals surface area (Å²) in [5, 5.41) is 2.96. The van der Waals surface area contributed by atoms with Gasteiger partial charge in [0, 0.05) is 23.9 Å². The summed E-state index contributed by atoms with van der Waals surface area (Å²) in [6.45, 7) is 1.95. The van der Waals surface area contributed by atoms with Gasteiger partial charge >= 0.3 is 0 Å². The normalized spacial score (nSPS) is 10.5. The Kier molecular flexibility index (Phi) is 4.10. The highest BCUT2D eigenvalue weighted by Gasteiger charge is 2.07. The summed E-state index contributed by atoms with van der Waals surface area (Å²) in [7, 11) is 0. The van der Waals surface area contributed by atoms with E-state index in [1.165, 1.54) is 0 Å². The number of aryl methyl sites for hydroxylation is 2. The molecule has 0 spiro atoms. The highest BCUT2D eigenvalue weighted by molar-refractivity contribution is 7.09. The van der Waals surface area contributed by atoms with Gasteiger partial charge in [0.1, 0.15) is 5.78 Å². The lowest BCUT2D eigenvalue weighted by molar-refractivity contribution is -0.118. The topological polar surface area (TPSA) is 56.0 Å². The van der Waals surface area contributed by atoms with Gasteiger partial charge in [-0.3, -0.25) is 4.79 Å². The monoisotopic (exact) mass is 260 g/mol. The molecule has 94 valence electrons. The number of carbonyl (C=O) groups is 1. The minimum atomic E-state index is 0.225. The minimum absolute atomic E-state index is 0.225. The van der Waals surface area contributed by atoms with E-state index in [0.29, 0.717) is 12.8 Å². The second kappa shape index (κ2) is 5.78. The fraction of sp³-hybridized carbons (Fsp3) is 0.286. The maximum atomic E-state index is 11.8. The third-order valence-electron chi connectivity index (χ3n) is 2.69. The van der Waals surface area contributed by atoms with Crippen LogP contribution >= 0.6 is 11.3 Å². The van der Waals surface area contributed by atoms with Crippen LogP contribution in [0.25, 0.3) is 0 Å². The lowest BCUT2D eigenvalue weighted by Gasteiger charge is -2.01. The Hall–Kier alpha value is -1.68. The summed E-state index contributed by atoms with van der Waals surface area (Å²) in [6.07, 6.45) is 1.72. The van der Waals surface area contributed by atoms with E-state index in [1.807, 2.05) is 36.6 Å². The Balaban J connectivity index is 1.85. The van der Waals surface area contributed by atoms with Gasteiger partial charge < -0.3 is 5.73 Å². The van der Waals surface area contributed by atoms with Crippen molar-refractivity contribution < 1.29 is 4.79 Å². The summed E-state index contributed by atoms with van der Waals surface area (Å²) in [5.41, 5.74) is 8.44. The molecule has 2 N–H and O–H groups in total. The van der Waals surface area contributed by atoms with Crippen LogP contribution in [-0.4, -0.2) is 10.8 Å². The number of Topliss-reactive ketones (excluding diaryl/α,β-unsaturated/α-hetero) is 1. The van der Waals surface area contributed by atoms with Crippen LogP contribution < -0.4 is 5.73 Å². The molecule has 0 aliphatic carbocycles. The summed E-state index contributed by atoms with van der Waals surface area (Å²) < 4.78 is 0. The van der Waals surface area contributed by atoms with E-state index in [4.69, 9.17) is 5.73 Å². The first-order chi connectivity index (χ1) is 8.63. The summed E-state index contributed by atoms with van der Waals surface area (Å²) >= 11 is 1.58. The van der Waals surface area contributed by atoms with Crippen molar-refractivity contribution in [3.05, 3.63) is 45.9 Å². The molecule has 0 atom stereocenters. The number of hydrogen-bond acceptors (Lipinski definition) is 4. The van der Waals surface area contributed by atoms with E-state index in [-0.39, 0.29) is 5.78 Å². The zero-order valence-corrected chi connectivity index (χ0v) is 11.2. The smallest absolute Gasteiger partial charge is 0.139 e. The van der Waals surface area contributed by atoms with Gasteiger partial charge in [-0.2, -0.15) is 0 Å². The van der Waals surface area contributed by atoms with Crippen LogP contribution in [0.3, 0.4) is 0 Å². The van der Waals surface area contributed by atoms with Gasteiger partial charge in [-0.05, 0) is 31.0 Å². The van der Waals surface area contributed by atoms with E-state index >= 15 is 0 Å². The molecule has 0 fully saturated rings. The van der Waals surface area contributed by atoms with Gasteiger partial charge in [-0.15, -0.1) is 11.3 Å². The zero-order valence-electron chi connectivity index (χ0n) is 10.3. The van der Waals surface area contributed by atoms with Crippen molar-refractivity contribution in [1.29, 1.82) is 0 Å². The number of rotatable bonds is 5. The summed E-state index contributed by atoms with van der Waals surface area (Å²) in [5.74, 6) is 0.225. The fourth-order valence-corrected chi connectivity index (χ4v) is 2.42. The molecule has 0 aliphatic heterocycles. The molecule has 0 bridgehead atoms. The maximum Gasteiger partial charge on any atom is 0.139 e. The molecular weight excluding hydrogens is 244 g/mol. The zero-order chi connectivity index (χ0) is 13.0. The predicted octanol–water partition coefficient (Wildman–Crippen LogP) is 2.78. The molecule has 0 amide bonds. The number of carbonyl (C=O) groups excluding carboxylic acids is 1. The fourth-order valence-electron chi connectivity index (χ4n) is 1.81. The predicted molar refractivity (Wildman–Crippen MR) is 74.7 cm³/mol. The van der Waals surface area contributed by atoms with Crippen molar-refractivity contribution in [2.24, 2.45) is 0 Å². The van der Waals surface area contributed by atoms with Crippen molar-refractivity contribution >= 4 is 22.8 Å². The third-order valence-corrected chi connectivity index (χ3v) is 3.51. The van der Waals surface area contributed by atoms with E-state index in [9.17, 15) is 4.79 Å². The van der Waals surface area contributed by atoms with Gasteiger partial charge in [0.15, 0.2) is 0 Å². The Morgan fingerprint density at radius 3 is 2.94 bits per heavy atom. The molecule has 2 aromatic rings. The van der Waals surface area contributed by atoms with Crippen LogP contribution in [0.15, 0.2) is 29.6 Å². The first kappa shape index (κ1) is 12.8. The largest absolute Gasteiger partial charge is 0.399 e. The maximum absolute atomic E-state index is 11.8. The molecule has 0 saturated carbocycles. The van der Waals surface area contributed by atoms with E-state index in [2.05, 4.69) is 4.98 Å². The number of aromatic nitrogens is 1. The van der Waals surface area contributed by atoms with E-state index in [1.54, 1.807) is 11.3 Å². The first-order valence-electron chi connectivity index (χ1n) is 5.90.